The van der Waals surface area contributed by atoms with Crippen molar-refractivity contribution in [1.29, 1.82) is 0 Å². The zero-order valence-electron chi connectivity index (χ0n) is 14.8. The number of benzene rings is 1. The second-order valence-electron chi connectivity index (χ2n) is 6.17. The summed E-state index contributed by atoms with van der Waals surface area (Å²) in [6, 6.07) is 10.6. The molecule has 1 atom stereocenters. The van der Waals surface area contributed by atoms with E-state index in [0.29, 0.717) is 29.5 Å². The van der Waals surface area contributed by atoms with E-state index in [9.17, 15) is 9.59 Å². The van der Waals surface area contributed by atoms with E-state index in [0.717, 1.165) is 12.0 Å². The monoisotopic (exact) mass is 422 g/mol. The van der Waals surface area contributed by atoms with Crippen molar-refractivity contribution in [3.63, 3.8) is 0 Å². The maximum atomic E-state index is 12.5. The molecule has 2 amide bonds. The van der Waals surface area contributed by atoms with Gasteiger partial charge in [-0.05, 0) is 54.5 Å². The number of amides is 2. The molecule has 1 aliphatic heterocycles. The van der Waals surface area contributed by atoms with Crippen LogP contribution in [0.4, 0.5) is 5.82 Å². The van der Waals surface area contributed by atoms with E-state index in [-0.39, 0.29) is 24.4 Å². The summed E-state index contributed by atoms with van der Waals surface area (Å²) < 4.78 is 0. The largest absolute Gasteiger partial charge is 0.365 e. The maximum absolute atomic E-state index is 12.5. The maximum Gasteiger partial charge on any atom is 0.267 e. The van der Waals surface area contributed by atoms with Gasteiger partial charge in [0.1, 0.15) is 5.82 Å². The molecule has 1 fully saturated rings. The molecule has 0 radical (unpaired) electrons. The molecule has 0 spiro atoms. The molecular weight excluding hydrogens is 403 g/mol. The number of nitrogens with zero attached hydrogens (tertiary/aromatic N) is 2. The summed E-state index contributed by atoms with van der Waals surface area (Å²) in [5, 5.41) is 12.4. The summed E-state index contributed by atoms with van der Waals surface area (Å²) in [6.45, 7) is 1.28. The van der Waals surface area contributed by atoms with Gasteiger partial charge in [-0.2, -0.15) is 0 Å². The van der Waals surface area contributed by atoms with Crippen molar-refractivity contribution in [2.45, 2.75) is 12.5 Å². The van der Waals surface area contributed by atoms with Crippen LogP contribution in [0.2, 0.25) is 5.02 Å². The summed E-state index contributed by atoms with van der Waals surface area (Å²) >= 11 is 5.87. The number of hydrogen-bond acceptors (Lipinski definition) is 5. The first kappa shape index (κ1) is 21.7. The van der Waals surface area contributed by atoms with Crippen LogP contribution in [0.15, 0.2) is 48.7 Å². The summed E-state index contributed by atoms with van der Waals surface area (Å²) in [4.78, 5) is 29.6. The second kappa shape index (κ2) is 10.1. The lowest BCUT2D eigenvalue weighted by Gasteiger charge is -2.17. The molecule has 0 saturated carbocycles. The van der Waals surface area contributed by atoms with Crippen LogP contribution in [0.3, 0.4) is 0 Å². The van der Waals surface area contributed by atoms with Gasteiger partial charge in [0, 0.05) is 42.0 Å². The first-order valence-electron chi connectivity index (χ1n) is 8.45. The Morgan fingerprint density at radius 3 is 2.61 bits per heavy atom. The second-order valence-corrected chi connectivity index (χ2v) is 6.61. The number of anilines is 1. The van der Waals surface area contributed by atoms with Crippen LogP contribution in [0.5, 0.6) is 0 Å². The van der Waals surface area contributed by atoms with Crippen LogP contribution in [0, 0.1) is 0 Å². The minimum absolute atomic E-state index is 0. The van der Waals surface area contributed by atoms with Gasteiger partial charge in [0.2, 0.25) is 0 Å². The van der Waals surface area contributed by atoms with E-state index in [4.69, 9.17) is 16.8 Å². The van der Waals surface area contributed by atoms with Crippen LogP contribution in [0.25, 0.3) is 6.08 Å². The molecule has 3 N–H and O–H groups in total. The molecule has 2 aromatic rings. The normalized spacial score (nSPS) is 15.9. The average Bonchev–Trinajstić information content (AvgIpc) is 3.15. The SMILES string of the molecule is Cl.O=C(C=Cc1ccc(N[C@H]2CCN(C(=O)c3ccc(Cl)cc3)C2)nc1)NO. The number of nitrogens with one attached hydrogen (secondary N) is 2. The van der Waals surface area contributed by atoms with Crippen molar-refractivity contribution in [3.8, 4) is 0 Å². The number of hydrogen-bond donors (Lipinski definition) is 3. The minimum Gasteiger partial charge on any atom is -0.365 e. The Balaban J connectivity index is 0.00000280. The molecule has 9 heteroatoms. The van der Waals surface area contributed by atoms with Crippen molar-refractivity contribution in [2.75, 3.05) is 18.4 Å². The summed E-state index contributed by atoms with van der Waals surface area (Å²) in [7, 11) is 0. The highest BCUT2D eigenvalue weighted by Gasteiger charge is 2.27. The Bertz CT molecular complexity index is 841. The lowest BCUT2D eigenvalue weighted by molar-refractivity contribution is -0.124. The number of carbonyl (C=O) groups excluding carboxylic acids is 2. The Labute approximate surface area is 173 Å². The molecule has 7 nitrogen and oxygen atoms in total. The van der Waals surface area contributed by atoms with Crippen LogP contribution < -0.4 is 10.8 Å². The van der Waals surface area contributed by atoms with Gasteiger partial charge in [-0.15, -0.1) is 12.4 Å². The number of likely N-dealkylation sites (tertiary alicyclic amines) is 1. The third-order valence-corrected chi connectivity index (χ3v) is 4.49. The van der Waals surface area contributed by atoms with E-state index in [1.165, 1.54) is 11.6 Å². The molecule has 0 aliphatic carbocycles. The lowest BCUT2D eigenvalue weighted by Crippen LogP contribution is -2.31. The van der Waals surface area contributed by atoms with Gasteiger partial charge in [0.15, 0.2) is 0 Å². The molecule has 1 aromatic heterocycles. The Kier molecular flexibility index (Phi) is 7.80. The van der Waals surface area contributed by atoms with Crippen LogP contribution in [-0.2, 0) is 4.79 Å². The Morgan fingerprint density at radius 2 is 1.96 bits per heavy atom. The first-order valence-corrected chi connectivity index (χ1v) is 8.82. The van der Waals surface area contributed by atoms with E-state index in [2.05, 4.69) is 10.3 Å². The van der Waals surface area contributed by atoms with E-state index in [1.807, 2.05) is 11.0 Å². The molecule has 2 heterocycles. The van der Waals surface area contributed by atoms with Gasteiger partial charge >= 0.3 is 0 Å². The Hall–Kier alpha value is -2.61. The van der Waals surface area contributed by atoms with Crippen molar-refractivity contribution in [1.82, 2.24) is 15.4 Å². The van der Waals surface area contributed by atoms with E-state index in [1.54, 1.807) is 42.6 Å². The zero-order valence-corrected chi connectivity index (χ0v) is 16.4. The van der Waals surface area contributed by atoms with Gasteiger partial charge in [0.25, 0.3) is 11.8 Å². The summed E-state index contributed by atoms with van der Waals surface area (Å²) in [6.07, 6.45) is 5.21. The molecule has 28 heavy (non-hydrogen) atoms. The fourth-order valence-corrected chi connectivity index (χ4v) is 2.97. The Morgan fingerprint density at radius 1 is 1.21 bits per heavy atom. The van der Waals surface area contributed by atoms with E-state index >= 15 is 0 Å². The molecule has 1 saturated heterocycles. The fraction of sp³-hybridized carbons (Fsp3) is 0.211. The predicted octanol–water partition coefficient (Wildman–Crippen LogP) is 3.00. The number of pyridine rings is 1. The number of carbonyl (C=O) groups is 2. The quantitative estimate of drug-likeness (QED) is 0.391. The third-order valence-electron chi connectivity index (χ3n) is 4.24. The average molecular weight is 423 g/mol. The van der Waals surface area contributed by atoms with Crippen LogP contribution >= 0.6 is 24.0 Å². The summed E-state index contributed by atoms with van der Waals surface area (Å²) in [5.41, 5.74) is 2.88. The molecular formula is C19H20Cl2N4O3. The molecule has 148 valence electrons. The van der Waals surface area contributed by atoms with Gasteiger partial charge in [-0.25, -0.2) is 10.5 Å². The third kappa shape index (κ3) is 5.69. The highest BCUT2D eigenvalue weighted by Crippen LogP contribution is 2.18. The molecule has 0 bridgehead atoms. The topological polar surface area (TPSA) is 94.6 Å². The van der Waals surface area contributed by atoms with Gasteiger partial charge < -0.3 is 10.2 Å². The van der Waals surface area contributed by atoms with E-state index < -0.39 is 5.91 Å². The zero-order chi connectivity index (χ0) is 19.2. The smallest absolute Gasteiger partial charge is 0.267 e. The first-order chi connectivity index (χ1) is 13.0. The van der Waals surface area contributed by atoms with Crippen LogP contribution in [-0.4, -0.2) is 46.0 Å². The summed E-state index contributed by atoms with van der Waals surface area (Å²) in [5.74, 6) is 0.0877. The van der Waals surface area contributed by atoms with Crippen molar-refractivity contribution in [3.05, 3.63) is 64.8 Å². The highest BCUT2D eigenvalue weighted by molar-refractivity contribution is 6.30. The number of hydroxylamine groups is 1. The molecule has 0 unspecified atom stereocenters. The molecule has 1 aromatic carbocycles. The van der Waals surface area contributed by atoms with Crippen LogP contribution in [0.1, 0.15) is 22.3 Å². The number of aromatic nitrogens is 1. The van der Waals surface area contributed by atoms with Gasteiger partial charge in [0.05, 0.1) is 0 Å². The van der Waals surface area contributed by atoms with Gasteiger partial charge in [-0.1, -0.05) is 11.6 Å². The van der Waals surface area contributed by atoms with Crippen molar-refractivity contribution in [2.24, 2.45) is 0 Å². The standard InChI is InChI=1S/C19H19ClN4O3.ClH/c20-15-5-3-14(4-6-15)19(26)24-10-9-16(12-24)22-17-7-1-13(11-21-17)2-8-18(25)23-27;/h1-8,11,16,27H,9-10,12H2,(H,21,22)(H,23,25);1H/t16-;/m0./s1. The number of rotatable bonds is 5. The fourth-order valence-electron chi connectivity index (χ4n) is 2.85. The van der Waals surface area contributed by atoms with Crippen molar-refractivity contribution >= 4 is 47.7 Å². The van der Waals surface area contributed by atoms with Gasteiger partial charge in [-0.3, -0.25) is 14.8 Å². The molecule has 3 rings (SSSR count). The minimum atomic E-state index is -0.603. The molecule has 1 aliphatic rings. The van der Waals surface area contributed by atoms with Crippen molar-refractivity contribution < 1.29 is 14.8 Å². The predicted molar refractivity (Wildman–Crippen MR) is 110 cm³/mol. The lowest BCUT2D eigenvalue weighted by atomic mass is 10.2. The highest BCUT2D eigenvalue weighted by atomic mass is 35.5. The number of halogens is 2.